The van der Waals surface area contributed by atoms with Gasteiger partial charge in [0.25, 0.3) is 5.91 Å². The molecule has 0 radical (unpaired) electrons. The zero-order chi connectivity index (χ0) is 42.3. The molecule has 1 unspecified atom stereocenters. The molecule has 17 heteroatoms. The summed E-state index contributed by atoms with van der Waals surface area (Å²) < 4.78 is 40.1. The smallest absolute Gasteiger partial charge is 0.405 e. The van der Waals surface area contributed by atoms with Crippen LogP contribution in [0.25, 0.3) is 21.8 Å². The van der Waals surface area contributed by atoms with Crippen molar-refractivity contribution in [3.8, 4) is 33.3 Å². The number of aromatic nitrogens is 2. The molecule has 316 valence electrons. The van der Waals surface area contributed by atoms with Crippen molar-refractivity contribution >= 4 is 45.2 Å². The number of carbonyl (C=O) groups is 4. The van der Waals surface area contributed by atoms with E-state index in [2.05, 4.69) is 20.3 Å². The molecule has 2 aliphatic heterocycles. The number of carbonyl (C=O) groups excluding carboxylic acids is 3. The lowest BCUT2D eigenvalue weighted by atomic mass is 9.88. The molecule has 3 aromatic rings. The summed E-state index contributed by atoms with van der Waals surface area (Å²) in [6, 6.07) is 8.72. The van der Waals surface area contributed by atoms with Gasteiger partial charge < -0.3 is 30.1 Å². The number of nitrogens with one attached hydrogen (secondary N) is 3. The zero-order valence-electron chi connectivity index (χ0n) is 33.8. The van der Waals surface area contributed by atoms with Gasteiger partial charge in [0.05, 0.1) is 39.2 Å². The predicted molar refractivity (Wildman–Crippen MR) is 221 cm³/mol. The van der Waals surface area contributed by atoms with Crippen molar-refractivity contribution in [1.82, 2.24) is 30.2 Å². The van der Waals surface area contributed by atoms with Crippen LogP contribution in [0.4, 0.5) is 4.79 Å². The van der Waals surface area contributed by atoms with Crippen LogP contribution in [0.1, 0.15) is 79.6 Å². The Morgan fingerprint density at radius 2 is 1.80 bits per heavy atom. The summed E-state index contributed by atoms with van der Waals surface area (Å²) in [7, 11) is -4.02. The van der Waals surface area contributed by atoms with Crippen LogP contribution < -0.4 is 24.8 Å². The quantitative estimate of drug-likeness (QED) is 0.187. The third kappa shape index (κ3) is 9.25. The molecule has 3 fully saturated rings. The fourth-order valence-electron chi connectivity index (χ4n) is 8.09. The molecule has 2 saturated carbocycles. The van der Waals surface area contributed by atoms with Gasteiger partial charge in [-0.15, -0.1) is 11.3 Å². The minimum atomic E-state index is -4.02. The van der Waals surface area contributed by atoms with E-state index in [0.29, 0.717) is 48.6 Å². The van der Waals surface area contributed by atoms with E-state index >= 15 is 0 Å². The number of allylic oxidation sites excluding steroid dienone is 1. The lowest BCUT2D eigenvalue weighted by molar-refractivity contribution is -0.142. The number of fused-ring (bicyclic) bond motifs is 2. The SMILES string of the molecule is CC(C)Oc1ccc(-c2cc(O[C@@H]3C[C@H]4C(=O)NC5(C(=O)NS(=O)(=O)C6(C)CC6)C[C@H]5/C=C\CC[C@H](C)C[C@@H](C)[C@H](NC(=O)O)C(=O)N4C3)cc(-c3cncs3)n2)cc1. The van der Waals surface area contributed by atoms with Crippen molar-refractivity contribution in [3.05, 3.63) is 60.3 Å². The average Bonchev–Trinajstić information content (AvgIpc) is 3.92. The van der Waals surface area contributed by atoms with E-state index in [1.807, 2.05) is 64.1 Å². The van der Waals surface area contributed by atoms with Gasteiger partial charge in [-0.1, -0.05) is 26.0 Å². The molecule has 2 aromatic heterocycles. The number of thiazole rings is 1. The van der Waals surface area contributed by atoms with Crippen molar-refractivity contribution in [2.24, 2.45) is 17.8 Å². The second-order valence-electron chi connectivity index (χ2n) is 17.0. The number of sulfonamides is 1. The van der Waals surface area contributed by atoms with Gasteiger partial charge in [0, 0.05) is 36.2 Å². The number of nitrogens with zero attached hydrogens (tertiary/aromatic N) is 3. The summed E-state index contributed by atoms with van der Waals surface area (Å²) in [5.41, 5.74) is 2.15. The Hall–Kier alpha value is -5.03. The number of amides is 4. The molecule has 4 N–H and O–H groups in total. The summed E-state index contributed by atoms with van der Waals surface area (Å²) in [6.45, 7) is 9.26. The van der Waals surface area contributed by atoms with E-state index in [1.54, 1.807) is 30.8 Å². The fourth-order valence-corrected chi connectivity index (χ4v) is 9.98. The first-order chi connectivity index (χ1) is 28.0. The number of carboxylic acid groups (broad SMARTS) is 1. The van der Waals surface area contributed by atoms with Crippen LogP contribution in [0.2, 0.25) is 0 Å². The van der Waals surface area contributed by atoms with Crippen molar-refractivity contribution in [2.45, 2.75) is 114 Å². The van der Waals surface area contributed by atoms with Crippen molar-refractivity contribution < 1.29 is 42.2 Å². The normalized spacial score (nSPS) is 28.5. The summed E-state index contributed by atoms with van der Waals surface area (Å²) in [5, 5.41) is 15.2. The molecule has 15 nitrogen and oxygen atoms in total. The van der Waals surface area contributed by atoms with E-state index in [4.69, 9.17) is 14.5 Å². The fraction of sp³-hybridized carbons (Fsp3) is 0.524. The van der Waals surface area contributed by atoms with Gasteiger partial charge in [-0.05, 0) is 95.4 Å². The lowest BCUT2D eigenvalue weighted by Crippen LogP contribution is -2.59. The van der Waals surface area contributed by atoms with E-state index in [0.717, 1.165) is 16.9 Å². The molecule has 4 aliphatic rings. The predicted octanol–water partition coefficient (Wildman–Crippen LogP) is 5.53. The Labute approximate surface area is 348 Å². The summed E-state index contributed by atoms with van der Waals surface area (Å²) in [5.74, 6) is -1.73. The lowest BCUT2D eigenvalue weighted by Gasteiger charge is -2.32. The minimum Gasteiger partial charge on any atom is -0.491 e. The molecule has 4 heterocycles. The number of hydrogen-bond donors (Lipinski definition) is 4. The van der Waals surface area contributed by atoms with Crippen LogP contribution in [0.15, 0.2) is 60.3 Å². The van der Waals surface area contributed by atoms with Crippen molar-refractivity contribution in [2.75, 3.05) is 6.54 Å². The number of ether oxygens (including phenoxy) is 2. The van der Waals surface area contributed by atoms with Gasteiger partial charge in [-0.25, -0.2) is 18.2 Å². The molecule has 1 saturated heterocycles. The summed E-state index contributed by atoms with van der Waals surface area (Å²) in [4.78, 5) is 66.4. The van der Waals surface area contributed by atoms with Crippen LogP contribution in [0.5, 0.6) is 11.5 Å². The second kappa shape index (κ2) is 16.6. The highest BCUT2D eigenvalue weighted by Gasteiger charge is 2.63. The Bertz CT molecular complexity index is 2210. The molecule has 0 spiro atoms. The first-order valence-electron chi connectivity index (χ1n) is 20.2. The van der Waals surface area contributed by atoms with Gasteiger partial charge in [0.15, 0.2) is 0 Å². The summed E-state index contributed by atoms with van der Waals surface area (Å²) >= 11 is 1.41. The van der Waals surface area contributed by atoms with Crippen LogP contribution in [-0.4, -0.2) is 93.3 Å². The second-order valence-corrected chi connectivity index (χ2v) is 20.1. The largest absolute Gasteiger partial charge is 0.491 e. The third-order valence-corrected chi connectivity index (χ3v) is 14.8. The number of pyridine rings is 1. The standard InChI is InChI=1S/C42H52N6O9S2/c1-24(2)56-29-12-10-27(11-13-29)32-17-30(18-33(44-32)35-21-43-23-58-35)57-31-19-34-37(49)46-42(39(51)47-59(54,55)41(5)14-15-41)20-28(42)9-7-6-8-25(3)16-26(4)36(45-40(52)53)38(50)48(34)22-31/h7,9-13,17-18,21,23-26,28,31,34,36,45H,6,8,14-16,19-20,22H2,1-5H3,(H,46,49)(H,47,51)(H,52,53)/b9-7-/t25-,26+,28+,31+,34-,36-,42?/m0/s1. The van der Waals surface area contributed by atoms with Crippen molar-refractivity contribution in [1.29, 1.82) is 0 Å². The van der Waals surface area contributed by atoms with E-state index < -0.39 is 74.1 Å². The molecule has 7 atom stereocenters. The van der Waals surface area contributed by atoms with Crippen LogP contribution in [0.3, 0.4) is 0 Å². The number of benzene rings is 1. The van der Waals surface area contributed by atoms with Gasteiger partial charge in [-0.2, -0.15) is 0 Å². The van der Waals surface area contributed by atoms with Gasteiger partial charge >= 0.3 is 6.09 Å². The van der Waals surface area contributed by atoms with Gasteiger partial charge in [0.2, 0.25) is 21.8 Å². The molecule has 7 rings (SSSR count). The Morgan fingerprint density at radius 1 is 1.07 bits per heavy atom. The Morgan fingerprint density at radius 3 is 2.46 bits per heavy atom. The van der Waals surface area contributed by atoms with Gasteiger partial charge in [-0.3, -0.25) is 24.1 Å². The summed E-state index contributed by atoms with van der Waals surface area (Å²) in [6.07, 6.45) is 6.31. The van der Waals surface area contributed by atoms with Crippen LogP contribution in [0, 0.1) is 17.8 Å². The highest BCUT2D eigenvalue weighted by atomic mass is 32.2. The maximum absolute atomic E-state index is 14.6. The molecule has 59 heavy (non-hydrogen) atoms. The maximum Gasteiger partial charge on any atom is 0.405 e. The average molecular weight is 849 g/mol. The monoisotopic (exact) mass is 848 g/mol. The van der Waals surface area contributed by atoms with E-state index in [1.165, 1.54) is 16.2 Å². The third-order valence-electron chi connectivity index (χ3n) is 11.8. The van der Waals surface area contributed by atoms with Crippen LogP contribution in [-0.2, 0) is 24.4 Å². The number of hydrogen-bond acceptors (Lipinski definition) is 11. The molecule has 1 aromatic carbocycles. The molecular formula is C42H52N6O9S2. The molecular weight excluding hydrogens is 797 g/mol. The molecule has 0 bridgehead atoms. The minimum absolute atomic E-state index is 0.00230. The Kier molecular flexibility index (Phi) is 11.8. The van der Waals surface area contributed by atoms with Crippen molar-refractivity contribution in [3.63, 3.8) is 0 Å². The molecule has 2 aliphatic carbocycles. The van der Waals surface area contributed by atoms with E-state index in [-0.39, 0.29) is 31.4 Å². The van der Waals surface area contributed by atoms with E-state index in [9.17, 15) is 32.7 Å². The Balaban J connectivity index is 1.22. The highest BCUT2D eigenvalue weighted by molar-refractivity contribution is 7.91. The topological polar surface area (TPSA) is 206 Å². The van der Waals surface area contributed by atoms with Crippen LogP contribution >= 0.6 is 11.3 Å². The highest BCUT2D eigenvalue weighted by Crippen LogP contribution is 2.48. The van der Waals surface area contributed by atoms with Gasteiger partial charge in [0.1, 0.15) is 35.2 Å². The molecule has 4 amide bonds. The maximum atomic E-state index is 14.6. The first kappa shape index (κ1) is 42.1. The number of rotatable bonds is 10. The first-order valence-corrected chi connectivity index (χ1v) is 22.5. The zero-order valence-corrected chi connectivity index (χ0v) is 35.5.